The Hall–Kier alpha value is -2.87. The van der Waals surface area contributed by atoms with Gasteiger partial charge in [-0.05, 0) is 25.5 Å². The normalized spacial score (nSPS) is 20.2. The Bertz CT molecular complexity index is 1430. The molecular formula is C25H28ClFN4O6S2. The minimum Gasteiger partial charge on any atom is -0.481 e. The number of halogens is 2. The van der Waals surface area contributed by atoms with Gasteiger partial charge in [0.15, 0.2) is 20.7 Å². The largest absolute Gasteiger partial charge is 0.481 e. The molecule has 2 aliphatic heterocycles. The van der Waals surface area contributed by atoms with Gasteiger partial charge >= 0.3 is 11.9 Å². The van der Waals surface area contributed by atoms with E-state index in [4.69, 9.17) is 21.3 Å². The number of benzene rings is 1. The topological polar surface area (TPSA) is 138 Å². The van der Waals surface area contributed by atoms with Gasteiger partial charge in [0.2, 0.25) is 0 Å². The SMILES string of the molecule is CCOC(=O)C1=C(CN2CCS(=O)(=O)CC2)NC(c2nc(C(CC)C(=O)O)cs2)=NC1c1ccc(F)cc1Cl. The smallest absolute Gasteiger partial charge is 0.338 e. The maximum atomic E-state index is 13.9. The van der Waals surface area contributed by atoms with Gasteiger partial charge in [0.25, 0.3) is 0 Å². The van der Waals surface area contributed by atoms with Crippen LogP contribution in [0.3, 0.4) is 0 Å². The third-order valence-corrected chi connectivity index (χ3v) is 9.29. The molecule has 14 heteroatoms. The maximum Gasteiger partial charge on any atom is 0.338 e. The molecule has 2 aromatic rings. The van der Waals surface area contributed by atoms with Gasteiger partial charge in [-0.3, -0.25) is 14.7 Å². The molecule has 0 amide bonds. The molecule has 0 bridgehead atoms. The Balaban J connectivity index is 1.81. The summed E-state index contributed by atoms with van der Waals surface area (Å²) in [7, 11) is -3.13. The number of carboxylic acid groups (broad SMARTS) is 1. The third kappa shape index (κ3) is 6.65. The lowest BCUT2D eigenvalue weighted by Crippen LogP contribution is -2.45. The second kappa shape index (κ2) is 12.1. The van der Waals surface area contributed by atoms with Gasteiger partial charge < -0.3 is 15.2 Å². The summed E-state index contributed by atoms with van der Waals surface area (Å²) < 4.78 is 43.2. The van der Waals surface area contributed by atoms with E-state index in [1.54, 1.807) is 19.2 Å². The molecule has 2 unspecified atom stereocenters. The van der Waals surface area contributed by atoms with E-state index in [2.05, 4.69) is 10.3 Å². The zero-order valence-corrected chi connectivity index (χ0v) is 23.7. The quantitative estimate of drug-likeness (QED) is 0.417. The summed E-state index contributed by atoms with van der Waals surface area (Å²) in [5.74, 6) is -2.71. The average Bonchev–Trinajstić information content (AvgIpc) is 3.35. The van der Waals surface area contributed by atoms with Crippen LogP contribution in [0.15, 0.2) is 39.8 Å². The van der Waals surface area contributed by atoms with Gasteiger partial charge in [-0.15, -0.1) is 11.3 Å². The molecule has 1 saturated heterocycles. The first-order chi connectivity index (χ1) is 18.5. The lowest BCUT2D eigenvalue weighted by Gasteiger charge is -2.32. The number of aliphatic carboxylic acids is 1. The maximum absolute atomic E-state index is 13.9. The number of carbonyl (C=O) groups excluding carboxylic acids is 1. The first-order valence-electron chi connectivity index (χ1n) is 12.3. The van der Waals surface area contributed by atoms with E-state index in [1.165, 1.54) is 23.5 Å². The number of rotatable bonds is 9. The summed E-state index contributed by atoms with van der Waals surface area (Å²) in [6, 6.07) is 2.82. The second-order valence-corrected chi connectivity index (χ2v) is 12.7. The summed E-state index contributed by atoms with van der Waals surface area (Å²) in [5.41, 5.74) is 1.34. The number of amidine groups is 1. The van der Waals surface area contributed by atoms with Crippen LogP contribution in [0.4, 0.5) is 4.39 Å². The van der Waals surface area contributed by atoms with Crippen molar-refractivity contribution in [1.82, 2.24) is 15.2 Å². The van der Waals surface area contributed by atoms with E-state index >= 15 is 0 Å². The molecule has 3 heterocycles. The molecule has 39 heavy (non-hydrogen) atoms. The summed E-state index contributed by atoms with van der Waals surface area (Å²) in [5, 5.41) is 14.9. The number of thiazole rings is 1. The number of carbonyl (C=O) groups is 2. The number of ether oxygens (including phenoxy) is 1. The van der Waals surface area contributed by atoms with Gasteiger partial charge in [-0.25, -0.2) is 22.6 Å². The zero-order chi connectivity index (χ0) is 28.3. The number of sulfone groups is 1. The number of esters is 1. The van der Waals surface area contributed by atoms with Crippen molar-refractivity contribution in [3.8, 4) is 0 Å². The molecule has 210 valence electrons. The van der Waals surface area contributed by atoms with E-state index < -0.39 is 39.6 Å². The Morgan fingerprint density at radius 1 is 1.31 bits per heavy atom. The fraction of sp³-hybridized carbons (Fsp3) is 0.440. The van der Waals surface area contributed by atoms with Crippen molar-refractivity contribution in [3.63, 3.8) is 0 Å². The Morgan fingerprint density at radius 2 is 2.03 bits per heavy atom. The summed E-state index contributed by atoms with van der Waals surface area (Å²) >= 11 is 7.61. The van der Waals surface area contributed by atoms with Gasteiger partial charge in [-0.1, -0.05) is 24.6 Å². The van der Waals surface area contributed by atoms with Gasteiger partial charge in [0, 0.05) is 41.3 Å². The molecule has 4 rings (SSSR count). The fourth-order valence-corrected chi connectivity index (χ4v) is 6.79. The van der Waals surface area contributed by atoms with Crippen LogP contribution in [0.5, 0.6) is 0 Å². The highest BCUT2D eigenvalue weighted by molar-refractivity contribution is 7.91. The van der Waals surface area contributed by atoms with Crippen LogP contribution in [0.2, 0.25) is 5.02 Å². The Kier molecular flexibility index (Phi) is 9.04. The number of hydrogen-bond acceptors (Lipinski definition) is 10. The van der Waals surface area contributed by atoms with Crippen molar-refractivity contribution >= 4 is 50.5 Å². The lowest BCUT2D eigenvalue weighted by molar-refractivity contribution is -0.139. The number of carboxylic acids is 1. The number of aliphatic imine (C=N–C) groups is 1. The van der Waals surface area contributed by atoms with Crippen LogP contribution in [-0.2, 0) is 24.2 Å². The van der Waals surface area contributed by atoms with Crippen LogP contribution in [0.1, 0.15) is 48.5 Å². The molecule has 10 nitrogen and oxygen atoms in total. The number of nitrogens with zero attached hydrogens (tertiary/aromatic N) is 3. The van der Waals surface area contributed by atoms with E-state index in [-0.39, 0.29) is 54.2 Å². The second-order valence-electron chi connectivity index (χ2n) is 9.09. The number of aromatic nitrogens is 1. The van der Waals surface area contributed by atoms with Gasteiger partial charge in [-0.2, -0.15) is 0 Å². The first kappa shape index (κ1) is 29.1. The molecule has 1 fully saturated rings. The van der Waals surface area contributed by atoms with Crippen molar-refractivity contribution in [3.05, 3.63) is 62.0 Å². The van der Waals surface area contributed by atoms with Crippen LogP contribution in [0, 0.1) is 5.82 Å². The van der Waals surface area contributed by atoms with Crippen molar-refractivity contribution < 1.29 is 32.2 Å². The highest BCUT2D eigenvalue weighted by Crippen LogP contribution is 2.37. The first-order valence-corrected chi connectivity index (χ1v) is 15.4. The average molecular weight is 599 g/mol. The minimum absolute atomic E-state index is 0.00732. The van der Waals surface area contributed by atoms with Gasteiger partial charge in [0.1, 0.15) is 11.9 Å². The van der Waals surface area contributed by atoms with Crippen LogP contribution >= 0.6 is 22.9 Å². The van der Waals surface area contributed by atoms with Crippen molar-refractivity contribution in [1.29, 1.82) is 0 Å². The molecule has 0 radical (unpaired) electrons. The molecule has 1 aromatic carbocycles. The van der Waals surface area contributed by atoms with Gasteiger partial charge in [0.05, 0.1) is 35.3 Å². The summed E-state index contributed by atoms with van der Waals surface area (Å²) in [6.45, 7) is 4.26. The van der Waals surface area contributed by atoms with E-state index in [0.717, 1.165) is 6.07 Å². The Labute approximate surface area is 234 Å². The predicted molar refractivity (Wildman–Crippen MR) is 145 cm³/mol. The minimum atomic E-state index is -3.13. The molecule has 2 N–H and O–H groups in total. The molecule has 0 saturated carbocycles. The standard InChI is InChI=1S/C25H28ClFN4O6S2/c1-3-15(24(32)33)19-13-38-23(29-19)22-28-18(12-31-7-9-39(35,36)10-8-31)20(25(34)37-4-2)21(30-22)16-6-5-14(27)11-17(16)26/h5-6,11,13,15,21H,3-4,7-10,12H2,1-2H3,(H,28,30)(H,32,33). The highest BCUT2D eigenvalue weighted by Gasteiger charge is 2.36. The van der Waals surface area contributed by atoms with E-state index in [1.807, 2.05) is 4.90 Å². The van der Waals surface area contributed by atoms with E-state index in [0.29, 0.717) is 28.4 Å². The highest BCUT2D eigenvalue weighted by atomic mass is 35.5. The molecule has 0 spiro atoms. The van der Waals surface area contributed by atoms with Crippen LogP contribution in [0.25, 0.3) is 0 Å². The summed E-state index contributed by atoms with van der Waals surface area (Å²) in [4.78, 5) is 36.1. The van der Waals surface area contributed by atoms with Crippen molar-refractivity contribution in [2.24, 2.45) is 4.99 Å². The van der Waals surface area contributed by atoms with Crippen molar-refractivity contribution in [2.45, 2.75) is 32.2 Å². The number of hydrogen-bond donors (Lipinski definition) is 2. The number of nitrogens with one attached hydrogen (secondary N) is 1. The molecule has 2 atom stereocenters. The lowest BCUT2D eigenvalue weighted by atomic mass is 9.95. The predicted octanol–water partition coefficient (Wildman–Crippen LogP) is 3.15. The zero-order valence-electron chi connectivity index (χ0n) is 21.3. The summed E-state index contributed by atoms with van der Waals surface area (Å²) in [6.07, 6.45) is 0.349. The van der Waals surface area contributed by atoms with E-state index in [9.17, 15) is 27.5 Å². The third-order valence-electron chi connectivity index (χ3n) is 6.49. The molecular weight excluding hydrogens is 571 g/mol. The molecule has 1 aromatic heterocycles. The molecule has 0 aliphatic carbocycles. The van der Waals surface area contributed by atoms with Crippen molar-refractivity contribution in [2.75, 3.05) is 37.7 Å². The van der Waals surface area contributed by atoms with Crippen LogP contribution < -0.4 is 5.32 Å². The Morgan fingerprint density at radius 3 is 2.64 bits per heavy atom. The monoisotopic (exact) mass is 598 g/mol. The molecule has 2 aliphatic rings. The fourth-order valence-electron chi connectivity index (χ4n) is 4.42. The van der Waals surface area contributed by atoms with Crippen LogP contribution in [-0.4, -0.2) is 78.9 Å².